The molecule has 0 aromatic carbocycles. The second-order valence-electron chi connectivity index (χ2n) is 5.56. The Labute approximate surface area is 114 Å². The molecule has 0 radical (unpaired) electrons. The van der Waals surface area contributed by atoms with Crippen molar-refractivity contribution in [3.63, 3.8) is 0 Å². The van der Waals surface area contributed by atoms with Crippen molar-refractivity contribution in [2.45, 2.75) is 31.7 Å². The third-order valence-corrected chi connectivity index (χ3v) is 4.33. The number of likely N-dealkylation sites (tertiary alicyclic amines) is 1. The van der Waals surface area contributed by atoms with Crippen LogP contribution in [0.25, 0.3) is 0 Å². The third-order valence-electron chi connectivity index (χ3n) is 4.33. The fourth-order valence-corrected chi connectivity index (χ4v) is 3.21. The standard InChI is InChI=1S/C15H21N3O/c19-15(5-4-13-3-1-2-8-16-13)18-10-7-14-12(11-18)6-9-17-14/h1-3,8,12,14,17H,4-7,9-11H2. The molecule has 19 heavy (non-hydrogen) atoms. The average Bonchev–Trinajstić information content (AvgIpc) is 2.93. The number of pyridine rings is 1. The number of rotatable bonds is 3. The van der Waals surface area contributed by atoms with Crippen molar-refractivity contribution in [2.75, 3.05) is 19.6 Å². The molecular weight excluding hydrogens is 238 g/mol. The van der Waals surface area contributed by atoms with Crippen LogP contribution in [0.15, 0.2) is 24.4 Å². The molecule has 0 saturated carbocycles. The SMILES string of the molecule is O=C(CCc1ccccn1)N1CCC2NCCC2C1. The van der Waals surface area contributed by atoms with E-state index in [2.05, 4.69) is 15.2 Å². The highest BCUT2D eigenvalue weighted by atomic mass is 16.2. The molecular formula is C15H21N3O. The summed E-state index contributed by atoms with van der Waals surface area (Å²) in [4.78, 5) is 18.6. The van der Waals surface area contributed by atoms with Gasteiger partial charge in [-0.05, 0) is 43.9 Å². The molecule has 2 saturated heterocycles. The van der Waals surface area contributed by atoms with E-state index in [4.69, 9.17) is 0 Å². The number of aryl methyl sites for hydroxylation is 1. The number of fused-ring (bicyclic) bond motifs is 1. The largest absolute Gasteiger partial charge is 0.342 e. The molecule has 0 bridgehead atoms. The van der Waals surface area contributed by atoms with Gasteiger partial charge in [-0.2, -0.15) is 0 Å². The quantitative estimate of drug-likeness (QED) is 0.888. The minimum absolute atomic E-state index is 0.288. The van der Waals surface area contributed by atoms with Crippen molar-refractivity contribution in [1.29, 1.82) is 0 Å². The van der Waals surface area contributed by atoms with Gasteiger partial charge in [-0.3, -0.25) is 9.78 Å². The zero-order chi connectivity index (χ0) is 13.1. The van der Waals surface area contributed by atoms with Crippen molar-refractivity contribution in [3.8, 4) is 0 Å². The summed E-state index contributed by atoms with van der Waals surface area (Å²) in [5.74, 6) is 0.962. The summed E-state index contributed by atoms with van der Waals surface area (Å²) in [6, 6.07) is 6.52. The van der Waals surface area contributed by atoms with Crippen LogP contribution in [-0.2, 0) is 11.2 Å². The van der Waals surface area contributed by atoms with E-state index in [1.807, 2.05) is 18.2 Å². The molecule has 2 atom stereocenters. The second-order valence-corrected chi connectivity index (χ2v) is 5.56. The van der Waals surface area contributed by atoms with Crippen molar-refractivity contribution in [1.82, 2.24) is 15.2 Å². The molecule has 3 heterocycles. The molecule has 102 valence electrons. The van der Waals surface area contributed by atoms with Crippen LogP contribution in [0.3, 0.4) is 0 Å². The van der Waals surface area contributed by atoms with Gasteiger partial charge in [0.15, 0.2) is 0 Å². The molecule has 3 rings (SSSR count). The van der Waals surface area contributed by atoms with Gasteiger partial charge in [0.05, 0.1) is 0 Å². The van der Waals surface area contributed by atoms with Gasteiger partial charge in [0.1, 0.15) is 0 Å². The highest BCUT2D eigenvalue weighted by Gasteiger charge is 2.33. The highest BCUT2D eigenvalue weighted by molar-refractivity contribution is 5.76. The van der Waals surface area contributed by atoms with Crippen LogP contribution >= 0.6 is 0 Å². The normalized spacial score (nSPS) is 26.2. The van der Waals surface area contributed by atoms with E-state index in [0.717, 1.165) is 38.2 Å². The Morgan fingerprint density at radius 1 is 1.42 bits per heavy atom. The Morgan fingerprint density at radius 3 is 3.21 bits per heavy atom. The molecule has 1 aromatic rings. The first kappa shape index (κ1) is 12.6. The molecule has 1 N–H and O–H groups in total. The Morgan fingerprint density at radius 2 is 2.37 bits per heavy atom. The molecule has 2 aliphatic heterocycles. The van der Waals surface area contributed by atoms with Gasteiger partial charge in [-0.15, -0.1) is 0 Å². The van der Waals surface area contributed by atoms with Crippen LogP contribution in [0.4, 0.5) is 0 Å². The number of carbonyl (C=O) groups is 1. The van der Waals surface area contributed by atoms with E-state index >= 15 is 0 Å². The lowest BCUT2D eigenvalue weighted by atomic mass is 9.93. The van der Waals surface area contributed by atoms with Gasteiger partial charge < -0.3 is 10.2 Å². The van der Waals surface area contributed by atoms with Crippen LogP contribution in [0.2, 0.25) is 0 Å². The summed E-state index contributed by atoms with van der Waals surface area (Å²) < 4.78 is 0. The van der Waals surface area contributed by atoms with E-state index in [-0.39, 0.29) is 5.91 Å². The first-order valence-corrected chi connectivity index (χ1v) is 7.24. The van der Waals surface area contributed by atoms with Crippen molar-refractivity contribution < 1.29 is 4.79 Å². The summed E-state index contributed by atoms with van der Waals surface area (Å²) in [7, 11) is 0. The number of nitrogens with one attached hydrogen (secondary N) is 1. The number of hydrogen-bond donors (Lipinski definition) is 1. The maximum atomic E-state index is 12.2. The molecule has 0 spiro atoms. The van der Waals surface area contributed by atoms with Gasteiger partial charge in [0, 0.05) is 37.4 Å². The summed E-state index contributed by atoms with van der Waals surface area (Å²) >= 11 is 0. The number of aromatic nitrogens is 1. The lowest BCUT2D eigenvalue weighted by Gasteiger charge is -2.35. The number of nitrogens with zero attached hydrogens (tertiary/aromatic N) is 2. The van der Waals surface area contributed by atoms with Crippen molar-refractivity contribution >= 4 is 5.91 Å². The average molecular weight is 259 g/mol. The Hall–Kier alpha value is -1.42. The summed E-state index contributed by atoms with van der Waals surface area (Å²) in [6.45, 7) is 2.97. The number of piperidine rings is 1. The van der Waals surface area contributed by atoms with Crippen LogP contribution in [-0.4, -0.2) is 41.5 Å². The maximum Gasteiger partial charge on any atom is 0.222 e. The second kappa shape index (κ2) is 5.70. The maximum absolute atomic E-state index is 12.2. The minimum Gasteiger partial charge on any atom is -0.342 e. The molecule has 1 aromatic heterocycles. The fraction of sp³-hybridized carbons (Fsp3) is 0.600. The topological polar surface area (TPSA) is 45.2 Å². The van der Waals surface area contributed by atoms with Crippen LogP contribution < -0.4 is 5.32 Å². The number of amides is 1. The lowest BCUT2D eigenvalue weighted by Crippen LogP contribution is -2.46. The smallest absolute Gasteiger partial charge is 0.222 e. The molecule has 4 heteroatoms. The molecule has 2 unspecified atom stereocenters. The summed E-state index contributed by atoms with van der Waals surface area (Å²) in [5.41, 5.74) is 1.01. The zero-order valence-corrected chi connectivity index (χ0v) is 11.2. The Balaban J connectivity index is 1.50. The van der Waals surface area contributed by atoms with Gasteiger partial charge in [-0.1, -0.05) is 6.07 Å². The van der Waals surface area contributed by atoms with Gasteiger partial charge >= 0.3 is 0 Å². The van der Waals surface area contributed by atoms with Gasteiger partial charge in [-0.25, -0.2) is 0 Å². The Kier molecular flexibility index (Phi) is 3.78. The molecule has 1 amide bonds. The minimum atomic E-state index is 0.288. The fourth-order valence-electron chi connectivity index (χ4n) is 3.21. The monoisotopic (exact) mass is 259 g/mol. The van der Waals surface area contributed by atoms with E-state index in [1.54, 1.807) is 6.20 Å². The first-order valence-electron chi connectivity index (χ1n) is 7.24. The van der Waals surface area contributed by atoms with Crippen LogP contribution in [0.5, 0.6) is 0 Å². The van der Waals surface area contributed by atoms with Gasteiger partial charge in [0.2, 0.25) is 5.91 Å². The number of hydrogen-bond acceptors (Lipinski definition) is 3. The Bertz CT molecular complexity index is 434. The lowest BCUT2D eigenvalue weighted by molar-refractivity contribution is -0.133. The van der Waals surface area contributed by atoms with E-state index in [9.17, 15) is 4.79 Å². The van der Waals surface area contributed by atoms with E-state index < -0.39 is 0 Å². The zero-order valence-electron chi connectivity index (χ0n) is 11.2. The van der Waals surface area contributed by atoms with E-state index in [0.29, 0.717) is 18.4 Å². The molecule has 0 aliphatic carbocycles. The first-order chi connectivity index (χ1) is 9.33. The predicted octanol–water partition coefficient (Wildman–Crippen LogP) is 1.22. The summed E-state index contributed by atoms with van der Waals surface area (Å²) in [6.07, 6.45) is 5.45. The van der Waals surface area contributed by atoms with Crippen molar-refractivity contribution in [3.05, 3.63) is 30.1 Å². The highest BCUT2D eigenvalue weighted by Crippen LogP contribution is 2.24. The predicted molar refractivity (Wildman–Crippen MR) is 73.7 cm³/mol. The summed E-state index contributed by atoms with van der Waals surface area (Å²) in [5, 5.41) is 3.53. The van der Waals surface area contributed by atoms with Crippen LogP contribution in [0, 0.1) is 5.92 Å². The molecule has 2 fully saturated rings. The van der Waals surface area contributed by atoms with Crippen molar-refractivity contribution in [2.24, 2.45) is 5.92 Å². The van der Waals surface area contributed by atoms with E-state index in [1.165, 1.54) is 6.42 Å². The number of carbonyl (C=O) groups excluding carboxylic acids is 1. The van der Waals surface area contributed by atoms with Gasteiger partial charge in [0.25, 0.3) is 0 Å². The third kappa shape index (κ3) is 2.95. The molecule has 4 nitrogen and oxygen atoms in total. The molecule has 2 aliphatic rings. The van der Waals surface area contributed by atoms with Crippen LogP contribution in [0.1, 0.15) is 25.0 Å².